The van der Waals surface area contributed by atoms with E-state index in [4.69, 9.17) is 22.1 Å². The molecule has 19 heavy (non-hydrogen) atoms. The minimum absolute atomic E-state index is 0.583. The van der Waals surface area contributed by atoms with Crippen LogP contribution >= 0.6 is 11.6 Å². The zero-order chi connectivity index (χ0) is 13.4. The van der Waals surface area contributed by atoms with Gasteiger partial charge in [0.2, 0.25) is 0 Å². The Balaban J connectivity index is 2.19. The average Bonchev–Trinajstić information content (AvgIpc) is 2.82. The number of methoxy groups -OCH3 is 1. The van der Waals surface area contributed by atoms with Gasteiger partial charge in [-0.05, 0) is 30.3 Å². The van der Waals surface area contributed by atoms with E-state index in [1.807, 2.05) is 34.9 Å². The van der Waals surface area contributed by atoms with E-state index in [1.54, 1.807) is 19.5 Å². The standard InChI is InChI=1S/C14H12ClN3O/c1-19-14-7-10(3-4-11(14)15)18-8-17-12-6-9(16)2-5-13(12)18/h2-8H,16H2,1H3. The van der Waals surface area contributed by atoms with Crippen LogP contribution in [0, 0.1) is 0 Å². The molecule has 0 saturated heterocycles. The summed E-state index contributed by atoms with van der Waals surface area (Å²) in [6.45, 7) is 0. The van der Waals surface area contributed by atoms with Crippen molar-refractivity contribution in [3.8, 4) is 11.4 Å². The molecule has 3 aromatic rings. The molecular weight excluding hydrogens is 262 g/mol. The zero-order valence-corrected chi connectivity index (χ0v) is 11.1. The quantitative estimate of drug-likeness (QED) is 0.729. The predicted molar refractivity (Wildman–Crippen MR) is 77.0 cm³/mol. The fraction of sp³-hybridized carbons (Fsp3) is 0.0714. The summed E-state index contributed by atoms with van der Waals surface area (Å²) in [6, 6.07) is 11.2. The highest BCUT2D eigenvalue weighted by Gasteiger charge is 2.07. The highest BCUT2D eigenvalue weighted by molar-refractivity contribution is 6.32. The number of aromatic nitrogens is 2. The zero-order valence-electron chi connectivity index (χ0n) is 10.3. The Labute approximate surface area is 115 Å². The molecule has 0 spiro atoms. The lowest BCUT2D eigenvalue weighted by atomic mass is 10.2. The first-order valence-electron chi connectivity index (χ1n) is 5.75. The van der Waals surface area contributed by atoms with Crippen LogP contribution in [-0.4, -0.2) is 16.7 Å². The van der Waals surface area contributed by atoms with Gasteiger partial charge in [0.05, 0.1) is 28.9 Å². The van der Waals surface area contributed by atoms with Crippen molar-refractivity contribution in [3.05, 3.63) is 47.7 Å². The van der Waals surface area contributed by atoms with Crippen molar-refractivity contribution in [1.29, 1.82) is 0 Å². The number of fused-ring (bicyclic) bond motifs is 1. The molecule has 2 N–H and O–H groups in total. The number of nitrogen functional groups attached to an aromatic ring is 1. The van der Waals surface area contributed by atoms with Crippen molar-refractivity contribution in [2.45, 2.75) is 0 Å². The molecule has 0 unspecified atom stereocenters. The lowest BCUT2D eigenvalue weighted by molar-refractivity contribution is 0.415. The van der Waals surface area contributed by atoms with E-state index >= 15 is 0 Å². The second-order valence-electron chi connectivity index (χ2n) is 4.18. The Bertz CT molecular complexity index is 752. The molecule has 1 aromatic heterocycles. The SMILES string of the molecule is COc1cc(-n2cnc3cc(N)ccc32)ccc1Cl. The van der Waals surface area contributed by atoms with Gasteiger partial charge in [-0.2, -0.15) is 0 Å². The Kier molecular flexibility index (Phi) is 2.80. The average molecular weight is 274 g/mol. The van der Waals surface area contributed by atoms with Crippen molar-refractivity contribution >= 4 is 28.3 Å². The first-order chi connectivity index (χ1) is 9.19. The van der Waals surface area contributed by atoms with Crippen LogP contribution < -0.4 is 10.5 Å². The summed E-state index contributed by atoms with van der Waals surface area (Å²) >= 11 is 6.03. The van der Waals surface area contributed by atoms with Crippen molar-refractivity contribution in [2.24, 2.45) is 0 Å². The number of hydrogen-bond acceptors (Lipinski definition) is 3. The highest BCUT2D eigenvalue weighted by Crippen LogP contribution is 2.28. The minimum atomic E-state index is 0.583. The summed E-state index contributed by atoms with van der Waals surface area (Å²) in [6.07, 6.45) is 1.76. The maximum Gasteiger partial charge on any atom is 0.139 e. The summed E-state index contributed by atoms with van der Waals surface area (Å²) in [5.41, 5.74) is 9.23. The molecule has 5 heteroatoms. The fourth-order valence-electron chi connectivity index (χ4n) is 2.03. The summed E-state index contributed by atoms with van der Waals surface area (Å²) in [7, 11) is 1.59. The van der Waals surface area contributed by atoms with Gasteiger partial charge in [-0.15, -0.1) is 0 Å². The molecule has 0 fully saturated rings. The summed E-state index contributed by atoms with van der Waals surface area (Å²) in [5, 5.41) is 0.583. The molecule has 0 saturated carbocycles. The van der Waals surface area contributed by atoms with Gasteiger partial charge in [-0.25, -0.2) is 4.98 Å². The first kappa shape index (κ1) is 11.9. The molecule has 0 atom stereocenters. The maximum atomic E-state index is 6.03. The van der Waals surface area contributed by atoms with Crippen LogP contribution in [0.4, 0.5) is 5.69 Å². The molecule has 0 bridgehead atoms. The van der Waals surface area contributed by atoms with Crippen LogP contribution in [0.3, 0.4) is 0 Å². The van der Waals surface area contributed by atoms with Gasteiger partial charge in [0.25, 0.3) is 0 Å². The van der Waals surface area contributed by atoms with Gasteiger partial charge in [-0.1, -0.05) is 11.6 Å². The molecule has 0 amide bonds. The normalized spacial score (nSPS) is 10.8. The first-order valence-corrected chi connectivity index (χ1v) is 6.13. The van der Waals surface area contributed by atoms with Gasteiger partial charge in [0.15, 0.2) is 0 Å². The van der Waals surface area contributed by atoms with Crippen LogP contribution in [0.15, 0.2) is 42.7 Å². The maximum absolute atomic E-state index is 6.03. The third-order valence-electron chi connectivity index (χ3n) is 2.98. The summed E-state index contributed by atoms with van der Waals surface area (Å²) < 4.78 is 7.20. The van der Waals surface area contributed by atoms with E-state index in [9.17, 15) is 0 Å². The third-order valence-corrected chi connectivity index (χ3v) is 3.30. The summed E-state index contributed by atoms with van der Waals surface area (Å²) in [4.78, 5) is 4.34. The Morgan fingerprint density at radius 1 is 1.21 bits per heavy atom. The lowest BCUT2D eigenvalue weighted by Gasteiger charge is -2.08. The smallest absolute Gasteiger partial charge is 0.139 e. The van der Waals surface area contributed by atoms with E-state index in [0.29, 0.717) is 16.5 Å². The van der Waals surface area contributed by atoms with Gasteiger partial charge in [-0.3, -0.25) is 4.57 Å². The van der Waals surface area contributed by atoms with Crippen LogP contribution in [0.5, 0.6) is 5.75 Å². The van der Waals surface area contributed by atoms with Gasteiger partial charge < -0.3 is 10.5 Å². The Hall–Kier alpha value is -2.20. The molecule has 0 radical (unpaired) electrons. The van der Waals surface area contributed by atoms with Gasteiger partial charge >= 0.3 is 0 Å². The highest BCUT2D eigenvalue weighted by atomic mass is 35.5. The number of rotatable bonds is 2. The van der Waals surface area contributed by atoms with E-state index in [2.05, 4.69) is 4.98 Å². The lowest BCUT2D eigenvalue weighted by Crippen LogP contribution is -1.94. The topological polar surface area (TPSA) is 53.1 Å². The summed E-state index contributed by atoms with van der Waals surface area (Å²) in [5.74, 6) is 0.636. The predicted octanol–water partition coefficient (Wildman–Crippen LogP) is 3.27. The molecule has 4 nitrogen and oxygen atoms in total. The number of imidazole rings is 1. The van der Waals surface area contributed by atoms with Crippen LogP contribution in [-0.2, 0) is 0 Å². The molecule has 0 aliphatic carbocycles. The molecular formula is C14H12ClN3O. The fourth-order valence-corrected chi connectivity index (χ4v) is 2.23. The molecule has 96 valence electrons. The van der Waals surface area contributed by atoms with Crippen LogP contribution in [0.1, 0.15) is 0 Å². The Morgan fingerprint density at radius 3 is 2.84 bits per heavy atom. The number of anilines is 1. The monoisotopic (exact) mass is 273 g/mol. The number of ether oxygens (including phenoxy) is 1. The van der Waals surface area contributed by atoms with Crippen molar-refractivity contribution in [1.82, 2.24) is 9.55 Å². The number of benzene rings is 2. The Morgan fingerprint density at radius 2 is 2.05 bits per heavy atom. The number of nitrogens with zero attached hydrogens (tertiary/aromatic N) is 2. The second-order valence-corrected chi connectivity index (χ2v) is 4.59. The molecule has 3 rings (SSSR count). The van der Waals surface area contributed by atoms with Crippen molar-refractivity contribution < 1.29 is 4.74 Å². The largest absolute Gasteiger partial charge is 0.495 e. The van der Waals surface area contributed by atoms with E-state index < -0.39 is 0 Å². The van der Waals surface area contributed by atoms with Crippen LogP contribution in [0.25, 0.3) is 16.7 Å². The minimum Gasteiger partial charge on any atom is -0.495 e. The van der Waals surface area contributed by atoms with Gasteiger partial charge in [0.1, 0.15) is 12.1 Å². The van der Waals surface area contributed by atoms with E-state index in [-0.39, 0.29) is 0 Å². The van der Waals surface area contributed by atoms with Gasteiger partial charge in [0, 0.05) is 11.8 Å². The van der Waals surface area contributed by atoms with Crippen LogP contribution in [0.2, 0.25) is 5.02 Å². The van der Waals surface area contributed by atoms with Crippen molar-refractivity contribution in [2.75, 3.05) is 12.8 Å². The van der Waals surface area contributed by atoms with Crippen molar-refractivity contribution in [3.63, 3.8) is 0 Å². The van der Waals surface area contributed by atoms with E-state index in [0.717, 1.165) is 16.7 Å². The van der Waals surface area contributed by atoms with E-state index in [1.165, 1.54) is 0 Å². The third kappa shape index (κ3) is 2.00. The second kappa shape index (κ2) is 4.48. The molecule has 2 aromatic carbocycles. The number of halogens is 1. The molecule has 0 aliphatic rings. The number of nitrogens with two attached hydrogens (primary N) is 1. The number of hydrogen-bond donors (Lipinski definition) is 1. The molecule has 0 aliphatic heterocycles. The molecule has 1 heterocycles.